The van der Waals surface area contributed by atoms with Crippen molar-refractivity contribution in [3.63, 3.8) is 0 Å². The summed E-state index contributed by atoms with van der Waals surface area (Å²) in [5, 5.41) is 3.40. The molecule has 1 unspecified atom stereocenters. The van der Waals surface area contributed by atoms with E-state index in [-0.39, 0.29) is 5.97 Å². The largest absolute Gasteiger partial charge is 0.497 e. The second kappa shape index (κ2) is 6.35. The first-order valence-electron chi connectivity index (χ1n) is 7.20. The molecule has 0 bridgehead atoms. The highest BCUT2D eigenvalue weighted by Crippen LogP contribution is 2.26. The Bertz CT molecular complexity index is 502. The van der Waals surface area contributed by atoms with Crippen LogP contribution >= 0.6 is 0 Å². The molecule has 0 amide bonds. The van der Waals surface area contributed by atoms with Gasteiger partial charge in [0, 0.05) is 31.4 Å². The van der Waals surface area contributed by atoms with Crippen LogP contribution in [0.3, 0.4) is 0 Å². The van der Waals surface area contributed by atoms with Gasteiger partial charge in [0.15, 0.2) is 0 Å². The first-order chi connectivity index (χ1) is 9.98. The Morgan fingerprint density at radius 3 is 2.71 bits per heavy atom. The van der Waals surface area contributed by atoms with Crippen molar-refractivity contribution in [1.82, 2.24) is 5.32 Å². The third kappa shape index (κ3) is 3.88. The molecule has 1 atom stereocenters. The molecular formula is C16H24N2O3. The summed E-state index contributed by atoms with van der Waals surface area (Å²) >= 11 is 0. The van der Waals surface area contributed by atoms with E-state index in [4.69, 9.17) is 9.47 Å². The van der Waals surface area contributed by atoms with E-state index in [0.29, 0.717) is 12.6 Å². The van der Waals surface area contributed by atoms with Gasteiger partial charge in [-0.05, 0) is 31.9 Å². The molecule has 1 aromatic carbocycles. The topological polar surface area (TPSA) is 50.8 Å². The summed E-state index contributed by atoms with van der Waals surface area (Å²) in [6.45, 7) is 2.43. The Kier molecular flexibility index (Phi) is 4.73. The molecule has 1 fully saturated rings. The number of nitrogens with zero attached hydrogens (tertiary/aromatic N) is 1. The van der Waals surface area contributed by atoms with Crippen LogP contribution in [0, 0.1) is 0 Å². The third-order valence-electron chi connectivity index (χ3n) is 3.78. The molecule has 5 heteroatoms. The summed E-state index contributed by atoms with van der Waals surface area (Å²) in [6, 6.07) is 8.22. The maximum Gasteiger partial charge on any atom is 0.327 e. The molecule has 0 heterocycles. The molecule has 1 aliphatic carbocycles. The molecule has 0 aromatic heterocycles. The van der Waals surface area contributed by atoms with Crippen LogP contribution in [0.15, 0.2) is 24.3 Å². The number of hydrogen-bond donors (Lipinski definition) is 1. The van der Waals surface area contributed by atoms with E-state index in [1.807, 2.05) is 43.1 Å². The van der Waals surface area contributed by atoms with Crippen molar-refractivity contribution >= 4 is 11.7 Å². The van der Waals surface area contributed by atoms with E-state index in [2.05, 4.69) is 5.32 Å². The van der Waals surface area contributed by atoms with Gasteiger partial charge in [-0.1, -0.05) is 6.07 Å². The SMILES string of the molecule is COC(=O)C(C)(CN(C)c1cccc(OC)c1)NC1CC1. The first-order valence-corrected chi connectivity index (χ1v) is 7.20. The zero-order valence-corrected chi connectivity index (χ0v) is 13.2. The predicted molar refractivity (Wildman–Crippen MR) is 82.8 cm³/mol. The zero-order valence-electron chi connectivity index (χ0n) is 13.2. The Morgan fingerprint density at radius 1 is 1.43 bits per heavy atom. The Labute approximate surface area is 126 Å². The molecule has 2 rings (SSSR count). The van der Waals surface area contributed by atoms with Crippen LogP contribution in [0.4, 0.5) is 5.69 Å². The van der Waals surface area contributed by atoms with Gasteiger partial charge in [0.05, 0.1) is 14.2 Å². The van der Waals surface area contributed by atoms with E-state index < -0.39 is 5.54 Å². The summed E-state index contributed by atoms with van der Waals surface area (Å²) < 4.78 is 10.2. The van der Waals surface area contributed by atoms with Crippen molar-refractivity contribution in [3.8, 4) is 5.75 Å². The first kappa shape index (κ1) is 15.6. The smallest absolute Gasteiger partial charge is 0.327 e. The standard InChI is InChI=1S/C16H24N2O3/c1-16(15(19)21-4,17-12-8-9-12)11-18(2)13-6-5-7-14(10-13)20-3/h5-7,10,12,17H,8-9,11H2,1-4H3. The van der Waals surface area contributed by atoms with E-state index in [1.165, 1.54) is 7.11 Å². The molecule has 1 aromatic rings. The third-order valence-corrected chi connectivity index (χ3v) is 3.78. The average molecular weight is 292 g/mol. The normalized spacial score (nSPS) is 17.0. The van der Waals surface area contributed by atoms with Crippen LogP contribution in [0.25, 0.3) is 0 Å². The number of methoxy groups -OCH3 is 2. The van der Waals surface area contributed by atoms with Gasteiger partial charge in [-0.3, -0.25) is 5.32 Å². The number of ether oxygens (including phenoxy) is 2. The van der Waals surface area contributed by atoms with Gasteiger partial charge < -0.3 is 14.4 Å². The van der Waals surface area contributed by atoms with Crippen LogP contribution in [0.2, 0.25) is 0 Å². The summed E-state index contributed by atoms with van der Waals surface area (Å²) in [5.74, 6) is 0.568. The highest BCUT2D eigenvalue weighted by molar-refractivity contribution is 5.81. The highest BCUT2D eigenvalue weighted by atomic mass is 16.5. The van der Waals surface area contributed by atoms with Gasteiger partial charge in [-0.2, -0.15) is 0 Å². The molecule has 5 nitrogen and oxygen atoms in total. The monoisotopic (exact) mass is 292 g/mol. The molecule has 116 valence electrons. The zero-order chi connectivity index (χ0) is 15.5. The molecule has 0 radical (unpaired) electrons. The number of hydrogen-bond acceptors (Lipinski definition) is 5. The van der Waals surface area contributed by atoms with Crippen molar-refractivity contribution in [3.05, 3.63) is 24.3 Å². The fraction of sp³-hybridized carbons (Fsp3) is 0.562. The van der Waals surface area contributed by atoms with Crippen molar-refractivity contribution in [2.24, 2.45) is 0 Å². The number of likely N-dealkylation sites (N-methyl/N-ethyl adjacent to an activating group) is 1. The lowest BCUT2D eigenvalue weighted by Crippen LogP contribution is -2.57. The lowest BCUT2D eigenvalue weighted by atomic mass is 10.0. The number of nitrogens with one attached hydrogen (secondary N) is 1. The lowest BCUT2D eigenvalue weighted by Gasteiger charge is -2.33. The maximum absolute atomic E-state index is 12.2. The van der Waals surface area contributed by atoms with Gasteiger partial charge in [-0.15, -0.1) is 0 Å². The van der Waals surface area contributed by atoms with Crippen LogP contribution < -0.4 is 15.0 Å². The number of esters is 1. The van der Waals surface area contributed by atoms with E-state index in [0.717, 1.165) is 24.3 Å². The molecule has 0 spiro atoms. The maximum atomic E-state index is 12.2. The quantitative estimate of drug-likeness (QED) is 0.777. The van der Waals surface area contributed by atoms with Crippen molar-refractivity contribution < 1.29 is 14.3 Å². The van der Waals surface area contributed by atoms with Crippen LogP contribution in [0.5, 0.6) is 5.75 Å². The average Bonchev–Trinajstić information content (AvgIpc) is 3.29. The van der Waals surface area contributed by atoms with Crippen LogP contribution in [-0.4, -0.2) is 45.4 Å². The molecule has 1 N–H and O–H groups in total. The summed E-state index contributed by atoms with van der Waals surface area (Å²) in [5.41, 5.74) is 0.287. The van der Waals surface area contributed by atoms with Gasteiger partial charge in [-0.25, -0.2) is 4.79 Å². The number of anilines is 1. The molecule has 21 heavy (non-hydrogen) atoms. The minimum absolute atomic E-state index is 0.232. The predicted octanol–water partition coefficient (Wildman–Crippen LogP) is 1.82. The number of rotatable bonds is 7. The molecular weight excluding hydrogens is 268 g/mol. The van der Waals surface area contributed by atoms with Crippen LogP contribution in [0.1, 0.15) is 19.8 Å². The van der Waals surface area contributed by atoms with E-state index >= 15 is 0 Å². The van der Waals surface area contributed by atoms with E-state index in [9.17, 15) is 4.79 Å². The van der Waals surface area contributed by atoms with Gasteiger partial charge >= 0.3 is 5.97 Å². The lowest BCUT2D eigenvalue weighted by molar-refractivity contribution is -0.147. The highest BCUT2D eigenvalue weighted by Gasteiger charge is 2.40. The van der Waals surface area contributed by atoms with Gasteiger partial charge in [0.25, 0.3) is 0 Å². The van der Waals surface area contributed by atoms with Crippen LogP contribution in [-0.2, 0) is 9.53 Å². The summed E-state index contributed by atoms with van der Waals surface area (Å²) in [6.07, 6.45) is 2.24. The molecule has 0 saturated heterocycles. The summed E-state index contributed by atoms with van der Waals surface area (Å²) in [7, 11) is 5.04. The molecule has 1 saturated carbocycles. The Balaban J connectivity index is 2.12. The Hall–Kier alpha value is -1.75. The minimum atomic E-state index is -0.715. The number of benzene rings is 1. The number of carbonyl (C=O) groups is 1. The fourth-order valence-corrected chi connectivity index (χ4v) is 2.49. The van der Waals surface area contributed by atoms with Gasteiger partial charge in [0.2, 0.25) is 0 Å². The van der Waals surface area contributed by atoms with Crippen molar-refractivity contribution in [2.45, 2.75) is 31.3 Å². The van der Waals surface area contributed by atoms with E-state index in [1.54, 1.807) is 7.11 Å². The molecule has 1 aliphatic rings. The van der Waals surface area contributed by atoms with Crippen molar-refractivity contribution in [1.29, 1.82) is 0 Å². The van der Waals surface area contributed by atoms with Crippen molar-refractivity contribution in [2.75, 3.05) is 32.7 Å². The number of carbonyl (C=O) groups excluding carboxylic acids is 1. The fourth-order valence-electron chi connectivity index (χ4n) is 2.49. The summed E-state index contributed by atoms with van der Waals surface area (Å²) in [4.78, 5) is 14.2. The van der Waals surface area contributed by atoms with Gasteiger partial charge in [0.1, 0.15) is 11.3 Å². The second-order valence-electron chi connectivity index (χ2n) is 5.80. The Morgan fingerprint density at radius 2 is 2.14 bits per heavy atom. The molecule has 0 aliphatic heterocycles. The minimum Gasteiger partial charge on any atom is -0.497 e. The second-order valence-corrected chi connectivity index (χ2v) is 5.80.